The molecule has 1 aromatic rings. The van der Waals surface area contributed by atoms with Gasteiger partial charge in [-0.1, -0.05) is 12.1 Å². The van der Waals surface area contributed by atoms with Crippen LogP contribution < -0.4 is 10.5 Å². The van der Waals surface area contributed by atoms with E-state index in [2.05, 4.69) is 0 Å². The molecule has 20 heavy (non-hydrogen) atoms. The van der Waals surface area contributed by atoms with E-state index in [9.17, 15) is 5.11 Å². The van der Waals surface area contributed by atoms with E-state index in [1.807, 2.05) is 38.1 Å². The summed E-state index contributed by atoms with van der Waals surface area (Å²) in [6, 6.07) is 7.66. The van der Waals surface area contributed by atoms with Crippen molar-refractivity contribution in [3.8, 4) is 5.75 Å². The average Bonchev–Trinajstić information content (AvgIpc) is 2.47. The van der Waals surface area contributed by atoms with Gasteiger partial charge in [0.2, 0.25) is 0 Å². The van der Waals surface area contributed by atoms with Crippen LogP contribution in [0.15, 0.2) is 24.3 Å². The summed E-state index contributed by atoms with van der Waals surface area (Å²) in [7, 11) is 0. The quantitative estimate of drug-likeness (QED) is 0.867. The van der Waals surface area contributed by atoms with E-state index in [4.69, 9.17) is 15.2 Å². The van der Waals surface area contributed by atoms with E-state index in [0.29, 0.717) is 19.8 Å². The predicted octanol–water partition coefficient (Wildman–Crippen LogP) is 2.26. The Kier molecular flexibility index (Phi) is 5.02. The smallest absolute Gasteiger partial charge is 0.119 e. The Morgan fingerprint density at radius 2 is 1.85 bits per heavy atom. The van der Waals surface area contributed by atoms with Crippen molar-refractivity contribution in [1.82, 2.24) is 0 Å². The second-order valence-corrected chi connectivity index (χ2v) is 5.82. The summed E-state index contributed by atoms with van der Waals surface area (Å²) in [6.07, 6.45) is 1.20. The van der Waals surface area contributed by atoms with Gasteiger partial charge in [-0.05, 0) is 44.4 Å². The summed E-state index contributed by atoms with van der Waals surface area (Å²) < 4.78 is 11.0. The normalized spacial score (nSPS) is 19.9. The monoisotopic (exact) mass is 279 g/mol. The average molecular weight is 279 g/mol. The third-order valence-electron chi connectivity index (χ3n) is 4.04. The molecule has 4 nitrogen and oxygen atoms in total. The zero-order valence-corrected chi connectivity index (χ0v) is 12.3. The van der Waals surface area contributed by atoms with Crippen LogP contribution in [0, 0.1) is 5.41 Å². The predicted molar refractivity (Wildman–Crippen MR) is 78.7 cm³/mol. The summed E-state index contributed by atoms with van der Waals surface area (Å²) in [5.74, 6) is 0.824. The highest BCUT2D eigenvalue weighted by molar-refractivity contribution is 5.29. The number of hydrogen-bond acceptors (Lipinski definition) is 4. The molecule has 3 N–H and O–H groups in total. The Labute approximate surface area is 120 Å². The molecule has 112 valence electrons. The minimum absolute atomic E-state index is 0.150. The SMILES string of the molecule is CC(C)Oc1ccc([C@@H](O)C2(CN)CCOCC2)cc1. The number of benzene rings is 1. The lowest BCUT2D eigenvalue weighted by Crippen LogP contribution is -2.41. The van der Waals surface area contributed by atoms with Crippen LogP contribution in [0.1, 0.15) is 38.4 Å². The molecule has 1 heterocycles. The van der Waals surface area contributed by atoms with Crippen LogP contribution in [0.25, 0.3) is 0 Å². The topological polar surface area (TPSA) is 64.7 Å². The van der Waals surface area contributed by atoms with Crippen LogP contribution in [0.5, 0.6) is 5.75 Å². The van der Waals surface area contributed by atoms with Gasteiger partial charge >= 0.3 is 0 Å². The van der Waals surface area contributed by atoms with E-state index >= 15 is 0 Å². The van der Waals surface area contributed by atoms with E-state index in [1.54, 1.807) is 0 Å². The molecule has 1 saturated heterocycles. The number of hydrogen-bond donors (Lipinski definition) is 2. The standard InChI is InChI=1S/C16H25NO3/c1-12(2)20-14-5-3-13(4-6-14)15(18)16(11-17)7-9-19-10-8-16/h3-6,12,15,18H,7-11,17H2,1-2H3/t15-/m1/s1. The van der Waals surface area contributed by atoms with E-state index in [0.717, 1.165) is 24.2 Å². The van der Waals surface area contributed by atoms with Crippen LogP contribution in [-0.2, 0) is 4.74 Å². The molecule has 0 saturated carbocycles. The maximum atomic E-state index is 10.7. The Bertz CT molecular complexity index is 410. The molecule has 1 fully saturated rings. The summed E-state index contributed by atoms with van der Waals surface area (Å²) in [6.45, 7) is 5.80. The number of aliphatic hydroxyl groups excluding tert-OH is 1. The lowest BCUT2D eigenvalue weighted by Gasteiger charge is -2.40. The molecule has 0 aliphatic carbocycles. The summed E-state index contributed by atoms with van der Waals surface area (Å²) in [4.78, 5) is 0. The van der Waals surface area contributed by atoms with E-state index in [-0.39, 0.29) is 11.5 Å². The Hall–Kier alpha value is -1.10. The minimum atomic E-state index is -0.551. The largest absolute Gasteiger partial charge is 0.491 e. The van der Waals surface area contributed by atoms with Gasteiger partial charge in [0.05, 0.1) is 12.2 Å². The van der Waals surface area contributed by atoms with Gasteiger partial charge in [-0.2, -0.15) is 0 Å². The van der Waals surface area contributed by atoms with Crippen molar-refractivity contribution >= 4 is 0 Å². The molecule has 4 heteroatoms. The van der Waals surface area contributed by atoms with Gasteiger partial charge in [0, 0.05) is 25.2 Å². The van der Waals surface area contributed by atoms with Gasteiger partial charge in [-0.15, -0.1) is 0 Å². The molecule has 2 rings (SSSR count). The molecule has 1 aromatic carbocycles. The fourth-order valence-electron chi connectivity index (χ4n) is 2.72. The number of rotatable bonds is 5. The van der Waals surface area contributed by atoms with Crippen LogP contribution in [0.4, 0.5) is 0 Å². The highest BCUT2D eigenvalue weighted by atomic mass is 16.5. The Morgan fingerprint density at radius 1 is 1.25 bits per heavy atom. The van der Waals surface area contributed by atoms with Crippen LogP contribution in [-0.4, -0.2) is 31.0 Å². The summed E-state index contributed by atoms with van der Waals surface area (Å²) in [5.41, 5.74) is 6.56. The molecule has 0 radical (unpaired) electrons. The first-order chi connectivity index (χ1) is 9.57. The molecular formula is C16H25NO3. The molecule has 0 unspecified atom stereocenters. The first-order valence-electron chi connectivity index (χ1n) is 7.30. The maximum Gasteiger partial charge on any atom is 0.119 e. The molecule has 1 atom stereocenters. The third kappa shape index (κ3) is 3.32. The van der Waals surface area contributed by atoms with Gasteiger partial charge in [0.15, 0.2) is 0 Å². The second kappa shape index (κ2) is 6.57. The highest BCUT2D eigenvalue weighted by Crippen LogP contribution is 2.41. The molecule has 1 aliphatic rings. The first kappa shape index (κ1) is 15.3. The maximum absolute atomic E-state index is 10.7. The van der Waals surface area contributed by atoms with Crippen molar-refractivity contribution in [2.45, 2.75) is 38.9 Å². The van der Waals surface area contributed by atoms with Crippen molar-refractivity contribution in [3.63, 3.8) is 0 Å². The van der Waals surface area contributed by atoms with E-state index in [1.165, 1.54) is 0 Å². The van der Waals surface area contributed by atoms with Gasteiger partial charge in [-0.25, -0.2) is 0 Å². The molecule has 0 amide bonds. The van der Waals surface area contributed by atoms with Crippen molar-refractivity contribution in [1.29, 1.82) is 0 Å². The van der Waals surface area contributed by atoms with Crippen molar-refractivity contribution in [3.05, 3.63) is 29.8 Å². The van der Waals surface area contributed by atoms with Gasteiger partial charge in [0.25, 0.3) is 0 Å². The van der Waals surface area contributed by atoms with Crippen molar-refractivity contribution in [2.24, 2.45) is 11.1 Å². The number of nitrogens with two attached hydrogens (primary N) is 1. The lowest BCUT2D eigenvalue weighted by molar-refractivity contribution is -0.0581. The van der Waals surface area contributed by atoms with Crippen molar-refractivity contribution in [2.75, 3.05) is 19.8 Å². The first-order valence-corrected chi connectivity index (χ1v) is 7.30. The van der Waals surface area contributed by atoms with E-state index < -0.39 is 6.10 Å². The lowest BCUT2D eigenvalue weighted by atomic mass is 9.73. The molecule has 0 bridgehead atoms. The van der Waals surface area contributed by atoms with Gasteiger partial charge in [-0.3, -0.25) is 0 Å². The molecule has 1 aliphatic heterocycles. The summed E-state index contributed by atoms with van der Waals surface area (Å²) in [5, 5.41) is 10.7. The Balaban J connectivity index is 2.13. The highest BCUT2D eigenvalue weighted by Gasteiger charge is 2.39. The Morgan fingerprint density at radius 3 is 2.35 bits per heavy atom. The van der Waals surface area contributed by atoms with Crippen molar-refractivity contribution < 1.29 is 14.6 Å². The molecule has 0 spiro atoms. The fraction of sp³-hybridized carbons (Fsp3) is 0.625. The zero-order valence-electron chi connectivity index (χ0n) is 12.3. The van der Waals surface area contributed by atoms with Crippen LogP contribution in [0.3, 0.4) is 0 Å². The van der Waals surface area contributed by atoms with Crippen LogP contribution >= 0.6 is 0 Å². The third-order valence-corrected chi connectivity index (χ3v) is 4.04. The molecule has 0 aromatic heterocycles. The zero-order chi connectivity index (χ0) is 14.6. The van der Waals surface area contributed by atoms with Crippen LogP contribution in [0.2, 0.25) is 0 Å². The molecular weight excluding hydrogens is 254 g/mol. The minimum Gasteiger partial charge on any atom is -0.491 e. The van der Waals surface area contributed by atoms with Gasteiger partial charge in [0.1, 0.15) is 5.75 Å². The summed E-state index contributed by atoms with van der Waals surface area (Å²) >= 11 is 0. The fourth-order valence-corrected chi connectivity index (χ4v) is 2.72. The van der Waals surface area contributed by atoms with Gasteiger partial charge < -0.3 is 20.3 Å². The number of aliphatic hydroxyl groups is 1. The second-order valence-electron chi connectivity index (χ2n) is 5.82. The number of ether oxygens (including phenoxy) is 2.